The molecule has 0 saturated heterocycles. The van der Waals surface area contributed by atoms with Crippen LogP contribution in [0.2, 0.25) is 0 Å². The molecule has 28 heavy (non-hydrogen) atoms. The first kappa shape index (κ1) is 17.9. The predicted molar refractivity (Wildman–Crippen MR) is 108 cm³/mol. The van der Waals surface area contributed by atoms with E-state index < -0.39 is 0 Å². The van der Waals surface area contributed by atoms with Crippen LogP contribution in [0, 0.1) is 0 Å². The zero-order valence-corrected chi connectivity index (χ0v) is 15.8. The molecular formula is C21H23N5O2. The minimum absolute atomic E-state index is 0.283. The molecule has 0 saturated carbocycles. The van der Waals surface area contributed by atoms with Crippen molar-refractivity contribution in [2.45, 2.75) is 20.0 Å². The summed E-state index contributed by atoms with van der Waals surface area (Å²) >= 11 is 0. The SMILES string of the molecule is CCNC(=NCc1ccc2c(c1)OCO2)NCc1ccc(-n2cccn2)cc1. The fourth-order valence-corrected chi connectivity index (χ4v) is 2.93. The number of ether oxygens (including phenoxy) is 2. The van der Waals surface area contributed by atoms with Crippen LogP contribution >= 0.6 is 0 Å². The van der Waals surface area contributed by atoms with E-state index in [4.69, 9.17) is 9.47 Å². The number of nitrogens with zero attached hydrogens (tertiary/aromatic N) is 3. The van der Waals surface area contributed by atoms with Gasteiger partial charge in [-0.2, -0.15) is 5.10 Å². The molecule has 2 heterocycles. The van der Waals surface area contributed by atoms with Crippen molar-refractivity contribution in [1.82, 2.24) is 20.4 Å². The lowest BCUT2D eigenvalue weighted by molar-refractivity contribution is 0.174. The highest BCUT2D eigenvalue weighted by molar-refractivity contribution is 5.79. The van der Waals surface area contributed by atoms with Gasteiger partial charge < -0.3 is 20.1 Å². The smallest absolute Gasteiger partial charge is 0.231 e. The molecule has 0 amide bonds. The van der Waals surface area contributed by atoms with Crippen LogP contribution in [0.4, 0.5) is 0 Å². The fraction of sp³-hybridized carbons (Fsp3) is 0.238. The first-order valence-electron chi connectivity index (χ1n) is 9.31. The third-order valence-corrected chi connectivity index (χ3v) is 4.37. The highest BCUT2D eigenvalue weighted by atomic mass is 16.7. The van der Waals surface area contributed by atoms with Gasteiger partial charge in [0.05, 0.1) is 12.2 Å². The Hall–Kier alpha value is -3.48. The molecule has 7 heteroatoms. The molecule has 0 bridgehead atoms. The number of rotatable bonds is 6. The normalized spacial score (nSPS) is 12.8. The second-order valence-electron chi connectivity index (χ2n) is 6.35. The number of guanidine groups is 1. The topological polar surface area (TPSA) is 72.7 Å². The summed E-state index contributed by atoms with van der Waals surface area (Å²) in [4.78, 5) is 4.67. The number of benzene rings is 2. The summed E-state index contributed by atoms with van der Waals surface area (Å²) in [5.74, 6) is 2.34. The van der Waals surface area contributed by atoms with E-state index in [0.717, 1.165) is 35.3 Å². The summed E-state index contributed by atoms with van der Waals surface area (Å²) < 4.78 is 12.6. The zero-order chi connectivity index (χ0) is 19.2. The molecule has 3 aromatic rings. The molecular weight excluding hydrogens is 354 g/mol. The van der Waals surface area contributed by atoms with Gasteiger partial charge in [0.25, 0.3) is 0 Å². The zero-order valence-electron chi connectivity index (χ0n) is 15.8. The summed E-state index contributed by atoms with van der Waals surface area (Å²) in [6.45, 7) is 4.38. The van der Waals surface area contributed by atoms with E-state index in [1.54, 1.807) is 6.20 Å². The summed E-state index contributed by atoms with van der Waals surface area (Å²) in [6.07, 6.45) is 3.70. The Labute approximate surface area is 164 Å². The number of nitrogens with one attached hydrogen (secondary N) is 2. The monoisotopic (exact) mass is 377 g/mol. The van der Waals surface area contributed by atoms with Crippen LogP contribution in [0.5, 0.6) is 11.5 Å². The summed E-state index contributed by atoms with van der Waals surface area (Å²) in [7, 11) is 0. The number of aromatic nitrogens is 2. The van der Waals surface area contributed by atoms with Gasteiger partial charge in [0, 0.05) is 25.5 Å². The van der Waals surface area contributed by atoms with Crippen LogP contribution in [-0.4, -0.2) is 29.1 Å². The fourth-order valence-electron chi connectivity index (χ4n) is 2.93. The lowest BCUT2D eigenvalue weighted by Gasteiger charge is -2.12. The second kappa shape index (κ2) is 8.47. The minimum atomic E-state index is 0.283. The molecule has 0 atom stereocenters. The van der Waals surface area contributed by atoms with Crippen molar-refractivity contribution in [3.63, 3.8) is 0 Å². The van der Waals surface area contributed by atoms with Crippen LogP contribution in [0.15, 0.2) is 65.9 Å². The summed E-state index contributed by atoms with van der Waals surface area (Å²) in [5.41, 5.74) is 3.28. The number of fused-ring (bicyclic) bond motifs is 1. The Balaban J connectivity index is 1.37. The van der Waals surface area contributed by atoms with Gasteiger partial charge in [0.1, 0.15) is 0 Å². The Morgan fingerprint density at radius 1 is 1.07 bits per heavy atom. The maximum Gasteiger partial charge on any atom is 0.231 e. The van der Waals surface area contributed by atoms with Gasteiger partial charge in [0.15, 0.2) is 17.5 Å². The Morgan fingerprint density at radius 3 is 2.68 bits per heavy atom. The molecule has 0 spiro atoms. The van der Waals surface area contributed by atoms with Crippen molar-refractivity contribution >= 4 is 5.96 Å². The van der Waals surface area contributed by atoms with Gasteiger partial charge in [-0.3, -0.25) is 0 Å². The third kappa shape index (κ3) is 4.25. The molecule has 4 rings (SSSR count). The van der Waals surface area contributed by atoms with Crippen LogP contribution in [0.25, 0.3) is 5.69 Å². The Bertz CT molecular complexity index is 936. The van der Waals surface area contributed by atoms with Gasteiger partial charge in [-0.15, -0.1) is 0 Å². The van der Waals surface area contributed by atoms with E-state index in [1.165, 1.54) is 5.56 Å². The highest BCUT2D eigenvalue weighted by Crippen LogP contribution is 2.32. The standard InChI is InChI=1S/C21H23N5O2/c1-2-22-21(24-14-17-6-9-19-20(12-17)28-15-27-19)23-13-16-4-7-18(8-5-16)26-11-3-10-25-26/h3-12H,2,13-15H2,1H3,(H2,22,23,24). The molecule has 0 radical (unpaired) electrons. The van der Waals surface area contributed by atoms with Gasteiger partial charge in [0.2, 0.25) is 6.79 Å². The number of aliphatic imine (C=N–C) groups is 1. The molecule has 2 aromatic carbocycles. The molecule has 0 fully saturated rings. The van der Waals surface area contributed by atoms with E-state index in [2.05, 4.69) is 51.9 Å². The maximum atomic E-state index is 5.43. The first-order chi connectivity index (χ1) is 13.8. The highest BCUT2D eigenvalue weighted by Gasteiger charge is 2.12. The van der Waals surface area contributed by atoms with Crippen LogP contribution in [0.1, 0.15) is 18.1 Å². The lowest BCUT2D eigenvalue weighted by atomic mass is 10.2. The van der Waals surface area contributed by atoms with E-state index >= 15 is 0 Å². The maximum absolute atomic E-state index is 5.43. The lowest BCUT2D eigenvalue weighted by Crippen LogP contribution is -2.36. The van der Waals surface area contributed by atoms with Crippen LogP contribution in [0.3, 0.4) is 0 Å². The van der Waals surface area contributed by atoms with E-state index in [-0.39, 0.29) is 6.79 Å². The second-order valence-corrected chi connectivity index (χ2v) is 6.35. The molecule has 0 aliphatic carbocycles. The average Bonchev–Trinajstić information content (AvgIpc) is 3.42. The molecule has 1 aliphatic rings. The molecule has 7 nitrogen and oxygen atoms in total. The Morgan fingerprint density at radius 2 is 1.89 bits per heavy atom. The van der Waals surface area contributed by atoms with E-state index in [0.29, 0.717) is 13.1 Å². The van der Waals surface area contributed by atoms with Gasteiger partial charge in [-0.1, -0.05) is 18.2 Å². The number of hydrogen-bond acceptors (Lipinski definition) is 4. The van der Waals surface area contributed by atoms with Gasteiger partial charge >= 0.3 is 0 Å². The molecule has 1 aliphatic heterocycles. The van der Waals surface area contributed by atoms with Gasteiger partial charge in [-0.25, -0.2) is 9.67 Å². The Kier molecular flexibility index (Phi) is 5.42. The average molecular weight is 377 g/mol. The first-order valence-corrected chi connectivity index (χ1v) is 9.31. The van der Waals surface area contributed by atoms with Gasteiger partial charge in [-0.05, 0) is 48.4 Å². The van der Waals surface area contributed by atoms with Crippen molar-refractivity contribution in [1.29, 1.82) is 0 Å². The summed E-state index contributed by atoms with van der Waals surface area (Å²) in [5, 5.41) is 10.9. The minimum Gasteiger partial charge on any atom is -0.454 e. The molecule has 0 unspecified atom stereocenters. The summed E-state index contributed by atoms with van der Waals surface area (Å²) in [6, 6.07) is 16.1. The molecule has 144 valence electrons. The van der Waals surface area contributed by atoms with E-state index in [9.17, 15) is 0 Å². The largest absolute Gasteiger partial charge is 0.454 e. The van der Waals surface area contributed by atoms with Crippen molar-refractivity contribution in [3.05, 3.63) is 72.1 Å². The molecule has 1 aromatic heterocycles. The van der Waals surface area contributed by atoms with Crippen LogP contribution in [-0.2, 0) is 13.1 Å². The third-order valence-electron chi connectivity index (χ3n) is 4.37. The number of hydrogen-bond donors (Lipinski definition) is 2. The van der Waals surface area contributed by atoms with Crippen molar-refractivity contribution in [2.24, 2.45) is 4.99 Å². The van der Waals surface area contributed by atoms with Crippen molar-refractivity contribution < 1.29 is 9.47 Å². The molecule has 2 N–H and O–H groups in total. The van der Waals surface area contributed by atoms with Crippen LogP contribution < -0.4 is 20.1 Å². The predicted octanol–water partition coefficient (Wildman–Crippen LogP) is 2.86. The quantitative estimate of drug-likeness (QED) is 0.511. The van der Waals surface area contributed by atoms with Crippen molar-refractivity contribution in [3.8, 4) is 17.2 Å². The van der Waals surface area contributed by atoms with Crippen molar-refractivity contribution in [2.75, 3.05) is 13.3 Å². The van der Waals surface area contributed by atoms with E-state index in [1.807, 2.05) is 35.1 Å².